The summed E-state index contributed by atoms with van der Waals surface area (Å²) in [7, 11) is 0. The molecule has 6 nitrogen and oxygen atoms in total. The van der Waals surface area contributed by atoms with Crippen LogP contribution in [0.25, 0.3) is 0 Å². The van der Waals surface area contributed by atoms with Crippen LogP contribution in [0.1, 0.15) is 5.56 Å². The number of rotatable bonds is 3. The van der Waals surface area contributed by atoms with Gasteiger partial charge < -0.3 is 19.6 Å². The minimum atomic E-state index is -1.00. The third-order valence-electron chi connectivity index (χ3n) is 4.45. The van der Waals surface area contributed by atoms with E-state index >= 15 is 0 Å². The van der Waals surface area contributed by atoms with Gasteiger partial charge in [0.25, 0.3) is 0 Å². The number of amides is 1. The highest BCUT2D eigenvalue weighted by atomic mass is 19.1. The van der Waals surface area contributed by atoms with Gasteiger partial charge in [0, 0.05) is 45.8 Å². The number of piperazine rings is 1. The van der Waals surface area contributed by atoms with Crippen molar-refractivity contribution >= 4 is 11.8 Å². The first-order valence-corrected chi connectivity index (χ1v) is 8.05. The smallest absolute Gasteiger partial charge is 0.407 e. The number of anilines is 1. The summed E-state index contributed by atoms with van der Waals surface area (Å²) in [6.45, 7) is 4.31. The maximum atomic E-state index is 14.5. The molecule has 2 aliphatic rings. The lowest BCUT2D eigenvalue weighted by Gasteiger charge is -2.35. The summed E-state index contributed by atoms with van der Waals surface area (Å²) < 4.78 is 34.2. The van der Waals surface area contributed by atoms with E-state index in [4.69, 9.17) is 9.84 Å². The Kier molecular flexibility index (Phi) is 5.15. The van der Waals surface area contributed by atoms with Crippen molar-refractivity contribution in [3.05, 3.63) is 29.3 Å². The molecular weight excluding hydrogens is 320 g/mol. The SMILES string of the molecule is O=C(O)N1CCN(c2c(F)cc(CN3CCOCC3)cc2F)CC1. The Morgan fingerprint density at radius 3 is 2.17 bits per heavy atom. The van der Waals surface area contributed by atoms with E-state index in [1.54, 1.807) is 4.90 Å². The zero-order chi connectivity index (χ0) is 17.1. The Morgan fingerprint density at radius 1 is 1.04 bits per heavy atom. The van der Waals surface area contributed by atoms with Crippen molar-refractivity contribution in [2.45, 2.75) is 6.54 Å². The third kappa shape index (κ3) is 3.76. The van der Waals surface area contributed by atoms with Crippen LogP contribution in [-0.4, -0.2) is 73.5 Å². The number of hydrogen-bond donors (Lipinski definition) is 1. The van der Waals surface area contributed by atoms with E-state index in [-0.39, 0.29) is 31.9 Å². The van der Waals surface area contributed by atoms with Crippen LogP contribution in [0.3, 0.4) is 0 Å². The normalized spacial score (nSPS) is 19.6. The van der Waals surface area contributed by atoms with Crippen LogP contribution in [0, 0.1) is 11.6 Å². The number of benzene rings is 1. The second-order valence-electron chi connectivity index (χ2n) is 6.05. The Balaban J connectivity index is 1.69. The molecule has 0 aromatic heterocycles. The molecule has 0 aliphatic carbocycles. The zero-order valence-corrected chi connectivity index (χ0v) is 13.4. The van der Waals surface area contributed by atoms with Gasteiger partial charge in [-0.2, -0.15) is 0 Å². The predicted molar refractivity (Wildman–Crippen MR) is 84.3 cm³/mol. The molecule has 132 valence electrons. The van der Waals surface area contributed by atoms with Crippen LogP contribution in [-0.2, 0) is 11.3 Å². The van der Waals surface area contributed by atoms with Crippen LogP contribution >= 0.6 is 0 Å². The molecule has 2 heterocycles. The first-order chi connectivity index (χ1) is 11.5. The van der Waals surface area contributed by atoms with E-state index in [0.717, 1.165) is 13.1 Å². The standard InChI is InChI=1S/C16H21F2N3O3/c17-13-9-12(11-19-5-7-24-8-6-19)10-14(18)15(13)20-1-3-21(4-2-20)16(22)23/h9-10H,1-8,11H2,(H,22,23). The molecule has 1 aromatic carbocycles. The summed E-state index contributed by atoms with van der Waals surface area (Å²) in [5.41, 5.74) is 0.533. The van der Waals surface area contributed by atoms with Crippen molar-refractivity contribution in [2.75, 3.05) is 57.4 Å². The van der Waals surface area contributed by atoms with Crippen molar-refractivity contribution < 1.29 is 23.4 Å². The Labute approximate surface area is 139 Å². The van der Waals surface area contributed by atoms with E-state index in [1.807, 2.05) is 0 Å². The molecule has 1 amide bonds. The van der Waals surface area contributed by atoms with Crippen molar-refractivity contribution in [1.29, 1.82) is 0 Å². The molecule has 0 radical (unpaired) electrons. The fourth-order valence-corrected chi connectivity index (χ4v) is 3.15. The van der Waals surface area contributed by atoms with Gasteiger partial charge in [-0.15, -0.1) is 0 Å². The number of carboxylic acid groups (broad SMARTS) is 1. The van der Waals surface area contributed by atoms with Gasteiger partial charge in [-0.25, -0.2) is 13.6 Å². The number of morpholine rings is 1. The van der Waals surface area contributed by atoms with E-state index in [1.165, 1.54) is 17.0 Å². The molecule has 24 heavy (non-hydrogen) atoms. The molecule has 0 bridgehead atoms. The average molecular weight is 341 g/mol. The minimum absolute atomic E-state index is 0.0641. The fourth-order valence-electron chi connectivity index (χ4n) is 3.15. The molecule has 3 rings (SSSR count). The van der Waals surface area contributed by atoms with Crippen LogP contribution in [0.2, 0.25) is 0 Å². The summed E-state index contributed by atoms with van der Waals surface area (Å²) >= 11 is 0. The molecule has 8 heteroatoms. The summed E-state index contributed by atoms with van der Waals surface area (Å²) in [6.07, 6.45) is -1.00. The Morgan fingerprint density at radius 2 is 1.62 bits per heavy atom. The maximum absolute atomic E-state index is 14.5. The van der Waals surface area contributed by atoms with Crippen LogP contribution in [0.15, 0.2) is 12.1 Å². The molecule has 0 atom stereocenters. The fraction of sp³-hybridized carbons (Fsp3) is 0.562. The number of nitrogens with zero attached hydrogens (tertiary/aromatic N) is 3. The van der Waals surface area contributed by atoms with Crippen molar-refractivity contribution in [1.82, 2.24) is 9.80 Å². The summed E-state index contributed by atoms with van der Waals surface area (Å²) in [6, 6.07) is 2.74. The molecule has 2 aliphatic heterocycles. The molecule has 2 saturated heterocycles. The first-order valence-electron chi connectivity index (χ1n) is 8.05. The quantitative estimate of drug-likeness (QED) is 0.905. The lowest BCUT2D eigenvalue weighted by Crippen LogP contribution is -2.48. The van der Waals surface area contributed by atoms with E-state index in [0.29, 0.717) is 25.3 Å². The predicted octanol–water partition coefficient (Wildman–Crippen LogP) is 1.60. The number of ether oxygens (including phenoxy) is 1. The summed E-state index contributed by atoms with van der Waals surface area (Å²) in [5, 5.41) is 8.94. The minimum Gasteiger partial charge on any atom is -0.465 e. The second kappa shape index (κ2) is 7.31. The average Bonchev–Trinajstić information content (AvgIpc) is 2.55. The van der Waals surface area contributed by atoms with Gasteiger partial charge in [0.1, 0.15) is 17.3 Å². The topological polar surface area (TPSA) is 56.2 Å². The van der Waals surface area contributed by atoms with Gasteiger partial charge >= 0.3 is 6.09 Å². The summed E-state index contributed by atoms with van der Waals surface area (Å²) in [5.74, 6) is -1.19. The zero-order valence-electron chi connectivity index (χ0n) is 13.4. The monoisotopic (exact) mass is 341 g/mol. The van der Waals surface area contributed by atoms with E-state index in [9.17, 15) is 13.6 Å². The Hall–Kier alpha value is -1.93. The van der Waals surface area contributed by atoms with Gasteiger partial charge in [-0.3, -0.25) is 4.90 Å². The van der Waals surface area contributed by atoms with Gasteiger partial charge in [-0.05, 0) is 17.7 Å². The highest BCUT2D eigenvalue weighted by molar-refractivity contribution is 5.65. The number of halogens is 2. The highest BCUT2D eigenvalue weighted by Gasteiger charge is 2.25. The van der Waals surface area contributed by atoms with Crippen LogP contribution in [0.4, 0.5) is 19.3 Å². The van der Waals surface area contributed by atoms with E-state index in [2.05, 4.69) is 4.90 Å². The number of hydrogen-bond acceptors (Lipinski definition) is 4. The lowest BCUT2D eigenvalue weighted by molar-refractivity contribution is 0.0341. The van der Waals surface area contributed by atoms with Gasteiger partial charge in [0.2, 0.25) is 0 Å². The molecule has 0 spiro atoms. The van der Waals surface area contributed by atoms with E-state index < -0.39 is 17.7 Å². The first kappa shape index (κ1) is 16.9. The molecule has 1 N–H and O–H groups in total. The van der Waals surface area contributed by atoms with Gasteiger partial charge in [0.15, 0.2) is 0 Å². The van der Waals surface area contributed by atoms with Crippen LogP contribution < -0.4 is 4.90 Å². The summed E-state index contributed by atoms with van der Waals surface area (Å²) in [4.78, 5) is 15.8. The molecular formula is C16H21F2N3O3. The van der Waals surface area contributed by atoms with Crippen molar-refractivity contribution in [2.24, 2.45) is 0 Å². The molecule has 2 fully saturated rings. The number of carbonyl (C=O) groups is 1. The van der Waals surface area contributed by atoms with Crippen molar-refractivity contribution in [3.63, 3.8) is 0 Å². The highest BCUT2D eigenvalue weighted by Crippen LogP contribution is 2.27. The Bertz CT molecular complexity index is 577. The molecule has 1 aromatic rings. The van der Waals surface area contributed by atoms with Gasteiger partial charge in [0.05, 0.1) is 13.2 Å². The molecule has 0 unspecified atom stereocenters. The van der Waals surface area contributed by atoms with Crippen LogP contribution in [0.5, 0.6) is 0 Å². The third-order valence-corrected chi connectivity index (χ3v) is 4.45. The maximum Gasteiger partial charge on any atom is 0.407 e. The lowest BCUT2D eigenvalue weighted by atomic mass is 10.1. The van der Waals surface area contributed by atoms with Crippen molar-refractivity contribution in [3.8, 4) is 0 Å². The molecule has 0 saturated carbocycles. The van der Waals surface area contributed by atoms with Gasteiger partial charge in [-0.1, -0.05) is 0 Å². The largest absolute Gasteiger partial charge is 0.465 e. The second-order valence-corrected chi connectivity index (χ2v) is 6.05.